The van der Waals surface area contributed by atoms with Crippen molar-refractivity contribution in [3.63, 3.8) is 0 Å². The number of rotatable bonds is 2. The van der Waals surface area contributed by atoms with Gasteiger partial charge in [-0.1, -0.05) is 0 Å². The van der Waals surface area contributed by atoms with Gasteiger partial charge in [0, 0.05) is 5.92 Å². The van der Waals surface area contributed by atoms with Crippen LogP contribution < -0.4 is 0 Å². The maximum atomic E-state index is 12.2. The minimum atomic E-state index is 0.248. The lowest BCUT2D eigenvalue weighted by Gasteiger charge is -2.05. The highest BCUT2D eigenvalue weighted by molar-refractivity contribution is 9.10. The van der Waals surface area contributed by atoms with Crippen LogP contribution >= 0.6 is 15.9 Å². The van der Waals surface area contributed by atoms with Crippen LogP contribution in [0.25, 0.3) is 0 Å². The van der Waals surface area contributed by atoms with Crippen molar-refractivity contribution in [2.24, 2.45) is 29.6 Å². The van der Waals surface area contributed by atoms with Crippen molar-refractivity contribution in [1.29, 1.82) is 0 Å². The normalized spacial score (nSPS) is 43.4. The molecule has 1 heterocycles. The number of carbonyl (C=O) groups is 1. The summed E-state index contributed by atoms with van der Waals surface area (Å²) in [7, 11) is 0. The summed E-state index contributed by atoms with van der Waals surface area (Å²) < 4.78 is 6.03. The average Bonchev–Trinajstić information content (AvgIpc) is 2.68. The molecular weight excluding hydrogens is 268 g/mol. The molecule has 3 saturated carbocycles. The van der Waals surface area contributed by atoms with E-state index in [0.29, 0.717) is 28.2 Å². The molecule has 0 saturated heterocycles. The third-order valence-corrected chi connectivity index (χ3v) is 5.28. The highest BCUT2D eigenvalue weighted by Gasteiger charge is 2.67. The lowest BCUT2D eigenvalue weighted by Crippen LogP contribution is -2.09. The fraction of sp³-hybridized carbons (Fsp3) is 0.615. The highest BCUT2D eigenvalue weighted by Crippen LogP contribution is 2.69. The van der Waals surface area contributed by atoms with E-state index in [0.717, 1.165) is 11.8 Å². The number of fused-ring (bicyclic) bond motifs is 5. The van der Waals surface area contributed by atoms with Gasteiger partial charge in [0.2, 0.25) is 5.78 Å². The zero-order valence-electron chi connectivity index (χ0n) is 8.86. The van der Waals surface area contributed by atoms with Gasteiger partial charge in [0.15, 0.2) is 10.4 Å². The fourth-order valence-corrected chi connectivity index (χ4v) is 4.59. The van der Waals surface area contributed by atoms with Gasteiger partial charge in [0.1, 0.15) is 0 Å². The molecule has 0 spiro atoms. The van der Waals surface area contributed by atoms with Gasteiger partial charge in [0.25, 0.3) is 0 Å². The van der Waals surface area contributed by atoms with Crippen LogP contribution in [0.1, 0.15) is 29.8 Å². The summed E-state index contributed by atoms with van der Waals surface area (Å²) in [5, 5.41) is 0. The molecule has 0 aromatic carbocycles. The second kappa shape index (κ2) is 3.00. The molecule has 4 unspecified atom stereocenters. The third-order valence-electron chi connectivity index (χ3n) is 4.85. The monoisotopic (exact) mass is 280 g/mol. The molecule has 3 fully saturated rings. The number of hydrogen-bond donors (Lipinski definition) is 0. The zero-order valence-corrected chi connectivity index (χ0v) is 10.4. The van der Waals surface area contributed by atoms with Gasteiger partial charge in [-0.05, 0) is 71.0 Å². The topological polar surface area (TPSA) is 30.2 Å². The first-order chi connectivity index (χ1) is 7.75. The number of furan rings is 1. The zero-order chi connectivity index (χ0) is 10.9. The van der Waals surface area contributed by atoms with E-state index in [1.807, 2.05) is 0 Å². The fourth-order valence-electron chi connectivity index (χ4n) is 4.29. The van der Waals surface area contributed by atoms with Crippen LogP contribution in [0.15, 0.2) is 21.2 Å². The molecule has 3 aliphatic carbocycles. The largest absolute Gasteiger partial charge is 0.446 e. The molecule has 0 aliphatic heterocycles. The molecular formula is C13H13BrO2. The van der Waals surface area contributed by atoms with E-state index in [-0.39, 0.29) is 5.78 Å². The van der Waals surface area contributed by atoms with Crippen LogP contribution in [0, 0.1) is 29.6 Å². The number of Topliss-reactive ketones (excluding diaryl/α,β-unsaturated/α-hetero) is 1. The van der Waals surface area contributed by atoms with Crippen LogP contribution in [0.4, 0.5) is 0 Å². The van der Waals surface area contributed by atoms with Crippen molar-refractivity contribution >= 4 is 21.7 Å². The summed E-state index contributed by atoms with van der Waals surface area (Å²) >= 11 is 3.25. The molecule has 4 atom stereocenters. The first kappa shape index (κ1) is 9.46. The van der Waals surface area contributed by atoms with Gasteiger partial charge in [-0.2, -0.15) is 0 Å². The lowest BCUT2D eigenvalue weighted by molar-refractivity contribution is 0.0915. The predicted molar refractivity (Wildman–Crippen MR) is 62.0 cm³/mol. The van der Waals surface area contributed by atoms with E-state index in [9.17, 15) is 4.79 Å². The van der Waals surface area contributed by atoms with E-state index in [1.54, 1.807) is 12.1 Å². The van der Waals surface area contributed by atoms with E-state index < -0.39 is 0 Å². The van der Waals surface area contributed by atoms with E-state index in [4.69, 9.17) is 4.42 Å². The molecule has 0 N–H and O–H groups in total. The Labute approximate surface area is 103 Å². The summed E-state index contributed by atoms with van der Waals surface area (Å²) in [6.45, 7) is 0. The summed E-state index contributed by atoms with van der Waals surface area (Å²) in [5.74, 6) is 4.20. The molecule has 84 valence electrons. The Morgan fingerprint density at radius 3 is 2.50 bits per heavy atom. The predicted octanol–water partition coefficient (Wildman–Crippen LogP) is 3.52. The number of ketones is 1. The summed E-state index contributed by atoms with van der Waals surface area (Å²) in [6.07, 6.45) is 4.11. The van der Waals surface area contributed by atoms with Crippen molar-refractivity contribution in [1.82, 2.24) is 0 Å². The molecule has 4 rings (SSSR count). The first-order valence-corrected chi connectivity index (χ1v) is 6.84. The maximum absolute atomic E-state index is 12.2. The molecule has 2 bridgehead atoms. The van der Waals surface area contributed by atoms with Crippen molar-refractivity contribution in [3.8, 4) is 0 Å². The summed E-state index contributed by atoms with van der Waals surface area (Å²) in [4.78, 5) is 12.2. The van der Waals surface area contributed by atoms with E-state index in [1.165, 1.54) is 19.3 Å². The Hall–Kier alpha value is -0.570. The molecule has 1 aromatic heterocycles. The number of carbonyl (C=O) groups excluding carboxylic acids is 1. The second-order valence-electron chi connectivity index (χ2n) is 5.48. The molecule has 0 amide bonds. The van der Waals surface area contributed by atoms with Gasteiger partial charge in [0.05, 0.1) is 0 Å². The number of halogens is 1. The van der Waals surface area contributed by atoms with Crippen LogP contribution in [0.5, 0.6) is 0 Å². The highest BCUT2D eigenvalue weighted by atomic mass is 79.9. The Morgan fingerprint density at radius 1 is 1.25 bits per heavy atom. The Balaban J connectivity index is 1.59. The summed E-state index contributed by atoms with van der Waals surface area (Å²) in [6, 6.07) is 3.60. The molecule has 0 radical (unpaired) electrons. The van der Waals surface area contributed by atoms with Crippen LogP contribution in [0.3, 0.4) is 0 Å². The van der Waals surface area contributed by atoms with Crippen molar-refractivity contribution in [3.05, 3.63) is 22.6 Å². The van der Waals surface area contributed by atoms with Crippen LogP contribution in [0.2, 0.25) is 0 Å². The smallest absolute Gasteiger partial charge is 0.201 e. The molecule has 1 aromatic rings. The first-order valence-electron chi connectivity index (χ1n) is 6.05. The average molecular weight is 281 g/mol. The summed E-state index contributed by atoms with van der Waals surface area (Å²) in [5.41, 5.74) is 0. The van der Waals surface area contributed by atoms with Gasteiger partial charge in [-0.25, -0.2) is 0 Å². The van der Waals surface area contributed by atoms with Crippen molar-refractivity contribution in [2.45, 2.75) is 19.3 Å². The Kier molecular flexibility index (Phi) is 1.78. The molecule has 3 aliphatic rings. The molecule has 2 nitrogen and oxygen atoms in total. The quantitative estimate of drug-likeness (QED) is 0.776. The standard InChI is InChI=1S/C13H13BrO2/c14-9-4-3-8(16-9)13(15)12-10-6-1-2-7(5-6)11(10)12/h3-4,6-7,10-12H,1-2,5H2. The molecule has 16 heavy (non-hydrogen) atoms. The van der Waals surface area contributed by atoms with Gasteiger partial charge in [-0.3, -0.25) is 4.79 Å². The van der Waals surface area contributed by atoms with Gasteiger partial charge in [-0.15, -0.1) is 0 Å². The number of hydrogen-bond acceptors (Lipinski definition) is 2. The van der Waals surface area contributed by atoms with Gasteiger partial charge >= 0.3 is 0 Å². The van der Waals surface area contributed by atoms with Crippen LogP contribution in [-0.2, 0) is 0 Å². The SMILES string of the molecule is O=C(c1ccc(Br)o1)C1C2C3CCC(C3)C12. The van der Waals surface area contributed by atoms with Crippen molar-refractivity contribution < 1.29 is 9.21 Å². The van der Waals surface area contributed by atoms with E-state index >= 15 is 0 Å². The lowest BCUT2D eigenvalue weighted by atomic mass is 9.99. The minimum absolute atomic E-state index is 0.248. The third kappa shape index (κ3) is 1.10. The maximum Gasteiger partial charge on any atom is 0.201 e. The Morgan fingerprint density at radius 2 is 1.94 bits per heavy atom. The van der Waals surface area contributed by atoms with Gasteiger partial charge < -0.3 is 4.42 Å². The minimum Gasteiger partial charge on any atom is -0.446 e. The van der Waals surface area contributed by atoms with Crippen LogP contribution in [-0.4, -0.2) is 5.78 Å². The molecule has 3 heteroatoms. The van der Waals surface area contributed by atoms with E-state index in [2.05, 4.69) is 15.9 Å². The Bertz CT molecular complexity index is 448. The van der Waals surface area contributed by atoms with Crippen molar-refractivity contribution in [2.75, 3.05) is 0 Å². The second-order valence-corrected chi connectivity index (χ2v) is 6.26.